The molecule has 0 saturated carbocycles. The first-order chi connectivity index (χ1) is 16.1. The van der Waals surface area contributed by atoms with Crippen LogP contribution in [-0.2, 0) is 14.7 Å². The number of anilines is 3. The fourth-order valence-corrected chi connectivity index (χ4v) is 6.24. The van der Waals surface area contributed by atoms with Gasteiger partial charge in [-0.1, -0.05) is 23.9 Å². The van der Waals surface area contributed by atoms with E-state index in [1.807, 2.05) is 0 Å². The van der Waals surface area contributed by atoms with E-state index in [4.69, 9.17) is 5.73 Å². The molecule has 0 saturated heterocycles. The van der Waals surface area contributed by atoms with Gasteiger partial charge in [-0.15, -0.1) is 5.11 Å². The van der Waals surface area contributed by atoms with Crippen molar-refractivity contribution < 1.29 is 57.1 Å². The first-order valence-electron chi connectivity index (χ1n) is 9.82. The smallest absolute Gasteiger partial charge is 0.871 e. The molecule has 0 aromatic heterocycles. The largest absolute Gasteiger partial charge is 1.00 e. The van der Waals surface area contributed by atoms with Crippen LogP contribution >= 0.6 is 7.37 Å². The Labute approximate surface area is 222 Å². The molecule has 1 aliphatic heterocycles. The van der Waals surface area contributed by atoms with Crippen LogP contribution in [0.4, 0.5) is 28.4 Å². The van der Waals surface area contributed by atoms with Crippen LogP contribution in [0, 0.1) is 0 Å². The third-order valence-electron chi connectivity index (χ3n) is 5.41. The van der Waals surface area contributed by atoms with Crippen LogP contribution in [0.15, 0.2) is 81.9 Å². The van der Waals surface area contributed by atoms with Crippen LogP contribution in [0.3, 0.4) is 0 Å². The molecule has 35 heavy (non-hydrogen) atoms. The molecular formula is C22H16N4NaO6PS. The summed E-state index contributed by atoms with van der Waals surface area (Å²) >= 11 is 0. The Bertz CT molecular complexity index is 1690. The minimum Gasteiger partial charge on any atom is -0.871 e. The summed E-state index contributed by atoms with van der Waals surface area (Å²) in [5, 5.41) is 24.4. The topological polar surface area (TPSA) is 178 Å². The number of hydrogen-bond acceptors (Lipinski definition) is 8. The maximum atomic E-state index is 13.2. The van der Waals surface area contributed by atoms with Crippen molar-refractivity contribution in [3.05, 3.63) is 66.7 Å². The molecular weight excluding hydrogens is 502 g/mol. The summed E-state index contributed by atoms with van der Waals surface area (Å²) in [5.41, 5.74) is 6.46. The van der Waals surface area contributed by atoms with Crippen molar-refractivity contribution >= 4 is 67.3 Å². The molecule has 0 amide bonds. The van der Waals surface area contributed by atoms with Crippen LogP contribution in [0.25, 0.3) is 10.8 Å². The molecule has 0 bridgehead atoms. The number of nitrogens with two attached hydrogens (primary N) is 1. The second-order valence-corrected chi connectivity index (χ2v) is 11.1. The molecule has 13 heteroatoms. The maximum absolute atomic E-state index is 13.2. The number of azo groups is 1. The van der Waals surface area contributed by atoms with Gasteiger partial charge in [-0.2, -0.15) is 13.5 Å². The van der Waals surface area contributed by atoms with Crippen molar-refractivity contribution in [2.24, 2.45) is 10.2 Å². The van der Waals surface area contributed by atoms with Crippen LogP contribution < -0.4 is 56.3 Å². The Kier molecular flexibility index (Phi) is 6.54. The molecule has 4 aromatic rings. The number of hydrogen-bond donors (Lipinski definition) is 4. The van der Waals surface area contributed by atoms with E-state index < -0.39 is 33.8 Å². The molecule has 1 unspecified atom stereocenters. The van der Waals surface area contributed by atoms with Gasteiger partial charge < -0.3 is 21.1 Å². The van der Waals surface area contributed by atoms with Gasteiger partial charge in [0.2, 0.25) is 0 Å². The molecule has 5 N–H and O–H groups in total. The quantitative estimate of drug-likeness (QED) is 0.0992. The Morgan fingerprint density at radius 2 is 1.66 bits per heavy atom. The van der Waals surface area contributed by atoms with E-state index in [2.05, 4.69) is 15.5 Å². The van der Waals surface area contributed by atoms with E-state index in [-0.39, 0.29) is 56.6 Å². The Balaban J connectivity index is 0.00000289. The normalized spacial score (nSPS) is 16.9. The standard InChI is InChI=1S/C22H17N4O6PS.Na/c23-13-5-7-15-12(9-13)10-20(34(30,31)32)21(22(15)27)26-25-14-6-8-17-19(11-14)33(28,29)18-4-2-1-3-16(18)24-17;/h1-11,24,27H,23H2,(H,28,29)(H,30,31,32);/q;+1/p-1. The van der Waals surface area contributed by atoms with Gasteiger partial charge in [-0.05, 0) is 59.3 Å². The number of para-hydroxylation sites is 1. The van der Waals surface area contributed by atoms with E-state index in [1.165, 1.54) is 36.4 Å². The van der Waals surface area contributed by atoms with Gasteiger partial charge >= 0.3 is 29.6 Å². The minimum absolute atomic E-state index is 0. The van der Waals surface area contributed by atoms with Crippen molar-refractivity contribution in [3.63, 3.8) is 0 Å². The van der Waals surface area contributed by atoms with Crippen molar-refractivity contribution in [1.82, 2.24) is 0 Å². The second-order valence-electron chi connectivity index (χ2n) is 7.63. The fraction of sp³-hybridized carbons (Fsp3) is 0. The van der Waals surface area contributed by atoms with Crippen molar-refractivity contribution in [2.75, 3.05) is 11.1 Å². The van der Waals surface area contributed by atoms with Crippen LogP contribution in [-0.4, -0.2) is 17.9 Å². The van der Waals surface area contributed by atoms with Gasteiger partial charge in [0, 0.05) is 5.69 Å². The van der Waals surface area contributed by atoms with Crippen LogP contribution in [0.2, 0.25) is 0 Å². The van der Waals surface area contributed by atoms with Crippen molar-refractivity contribution in [1.29, 1.82) is 0 Å². The van der Waals surface area contributed by atoms with Crippen molar-refractivity contribution in [2.45, 2.75) is 4.90 Å². The van der Waals surface area contributed by atoms with E-state index in [1.54, 1.807) is 24.3 Å². The number of nitrogen functional groups attached to an aromatic ring is 1. The second kappa shape index (κ2) is 9.03. The van der Waals surface area contributed by atoms with E-state index in [0.717, 1.165) is 6.07 Å². The number of rotatable bonds is 3. The predicted molar refractivity (Wildman–Crippen MR) is 127 cm³/mol. The molecule has 4 aromatic carbocycles. The van der Waals surface area contributed by atoms with Gasteiger partial charge in [0.15, 0.2) is 0 Å². The number of fused-ring (bicyclic) bond motifs is 3. The molecule has 0 aliphatic carbocycles. The summed E-state index contributed by atoms with van der Waals surface area (Å²) in [6.45, 7) is 0. The van der Waals surface area contributed by atoms with Gasteiger partial charge in [0.25, 0.3) is 17.5 Å². The monoisotopic (exact) mass is 518 g/mol. The van der Waals surface area contributed by atoms with Crippen LogP contribution in [0.1, 0.15) is 0 Å². The summed E-state index contributed by atoms with van der Waals surface area (Å²) in [5.74, 6) is -0.768. The number of benzene rings is 4. The summed E-state index contributed by atoms with van der Waals surface area (Å²) in [7, 11) is -8.77. The molecule has 10 nitrogen and oxygen atoms in total. The molecule has 0 fully saturated rings. The Morgan fingerprint density at radius 1 is 0.943 bits per heavy atom. The molecule has 5 rings (SSSR count). The molecule has 1 aliphatic rings. The SMILES string of the molecule is Nc1ccc2c([O-])c(N=Nc3ccc4c(c3)P(=O)(O)c3ccccc3N4)c(S(=O)(=O)O)cc2c1.[Na+]. The first kappa shape index (κ1) is 25.3. The minimum atomic E-state index is -4.82. The molecule has 172 valence electrons. The average Bonchev–Trinajstić information content (AvgIpc) is 2.78. The zero-order valence-corrected chi connectivity index (χ0v) is 21.9. The zero-order valence-electron chi connectivity index (χ0n) is 18.2. The third-order valence-corrected chi connectivity index (χ3v) is 8.34. The van der Waals surface area contributed by atoms with E-state index >= 15 is 0 Å². The van der Waals surface area contributed by atoms with E-state index in [0.29, 0.717) is 17.1 Å². The maximum Gasteiger partial charge on any atom is 1.00 e. The Morgan fingerprint density at radius 3 is 2.40 bits per heavy atom. The average molecular weight is 518 g/mol. The first-order valence-corrected chi connectivity index (χ1v) is 12.9. The van der Waals surface area contributed by atoms with Crippen molar-refractivity contribution in [3.8, 4) is 5.75 Å². The molecule has 1 heterocycles. The summed E-state index contributed by atoms with van der Waals surface area (Å²) in [6, 6.07) is 16.4. The van der Waals surface area contributed by atoms with Gasteiger partial charge in [0.05, 0.1) is 33.4 Å². The number of nitrogens with one attached hydrogen (secondary N) is 1. The summed E-state index contributed by atoms with van der Waals surface area (Å²) in [4.78, 5) is 10.1. The third kappa shape index (κ3) is 4.48. The predicted octanol–water partition coefficient (Wildman–Crippen LogP) is 0.440. The molecule has 0 spiro atoms. The fourth-order valence-electron chi connectivity index (χ4n) is 3.81. The van der Waals surface area contributed by atoms with Gasteiger partial charge in [0.1, 0.15) is 4.90 Å². The van der Waals surface area contributed by atoms with Gasteiger partial charge in [-0.25, -0.2) is 0 Å². The number of nitrogens with zero attached hydrogens (tertiary/aromatic N) is 2. The van der Waals surface area contributed by atoms with Crippen LogP contribution in [0.5, 0.6) is 5.75 Å². The summed E-state index contributed by atoms with van der Waals surface area (Å²) in [6.07, 6.45) is 0. The molecule has 0 radical (unpaired) electrons. The van der Waals surface area contributed by atoms with Gasteiger partial charge in [-0.3, -0.25) is 9.12 Å². The summed E-state index contributed by atoms with van der Waals surface area (Å²) < 4.78 is 46.7. The van der Waals surface area contributed by atoms with E-state index in [9.17, 15) is 27.5 Å². The zero-order chi connectivity index (χ0) is 24.3. The Hall–Kier alpha value is -2.76. The molecule has 1 atom stereocenters.